The molecule has 0 spiro atoms. The number of ether oxygens (including phenoxy) is 2. The number of benzene rings is 2. The summed E-state index contributed by atoms with van der Waals surface area (Å²) in [6.45, 7) is 9.84. The summed E-state index contributed by atoms with van der Waals surface area (Å²) in [5.74, 6) is 0.0258. The highest BCUT2D eigenvalue weighted by Crippen LogP contribution is 2.31. The van der Waals surface area contributed by atoms with Gasteiger partial charge in [-0.05, 0) is 83.3 Å². The Kier molecular flexibility index (Phi) is 9.69. The highest BCUT2D eigenvalue weighted by atomic mass is 79.9. The molecule has 2 aromatic carbocycles. The smallest absolute Gasteiger partial charge is 0.276 e. The monoisotopic (exact) mass is 599 g/mol. The highest BCUT2D eigenvalue weighted by Gasteiger charge is 2.17. The Morgan fingerprint density at radius 2 is 1.70 bits per heavy atom. The molecule has 0 aliphatic carbocycles. The van der Waals surface area contributed by atoms with E-state index in [4.69, 9.17) is 21.7 Å². The van der Waals surface area contributed by atoms with E-state index in [1.54, 1.807) is 18.2 Å². The molecule has 178 valence electrons. The van der Waals surface area contributed by atoms with Crippen molar-refractivity contribution >= 4 is 61.0 Å². The van der Waals surface area contributed by atoms with Gasteiger partial charge in [-0.2, -0.15) is 0 Å². The molecule has 0 unspecified atom stereocenters. The Labute approximate surface area is 216 Å². The first-order valence-electron chi connectivity index (χ1n) is 10.2. The average Bonchev–Trinajstić information content (AvgIpc) is 2.71. The highest BCUT2D eigenvalue weighted by molar-refractivity contribution is 9.10. The molecule has 33 heavy (non-hydrogen) atoms. The van der Waals surface area contributed by atoms with Gasteiger partial charge in [0.25, 0.3) is 11.8 Å². The lowest BCUT2D eigenvalue weighted by atomic mass is 9.87. The molecule has 10 heteroatoms. The van der Waals surface area contributed by atoms with E-state index < -0.39 is 11.8 Å². The number of nitrogens with one attached hydrogen (secondary N) is 3. The molecule has 0 aliphatic rings. The van der Waals surface area contributed by atoms with Crippen molar-refractivity contribution in [1.29, 1.82) is 0 Å². The van der Waals surface area contributed by atoms with Crippen molar-refractivity contribution < 1.29 is 19.1 Å². The van der Waals surface area contributed by atoms with Crippen molar-refractivity contribution in [3.8, 4) is 11.5 Å². The molecule has 0 aliphatic heterocycles. The second-order valence-corrected chi connectivity index (χ2v) is 10.6. The molecular formula is C23H27Br2N3O4S. The SMILES string of the molecule is CC(C)Oc1ccc(Br)cc1C(=O)NC(=S)NNC(=O)COc1ccc(C(C)(C)C)cc1Br. The molecule has 2 amide bonds. The van der Waals surface area contributed by atoms with Crippen LogP contribution in [-0.4, -0.2) is 29.6 Å². The molecule has 0 saturated heterocycles. The van der Waals surface area contributed by atoms with E-state index in [-0.39, 0.29) is 23.2 Å². The predicted octanol–water partition coefficient (Wildman–Crippen LogP) is 5.01. The van der Waals surface area contributed by atoms with Crippen molar-refractivity contribution in [3.05, 3.63) is 56.5 Å². The molecule has 0 atom stereocenters. The summed E-state index contributed by atoms with van der Waals surface area (Å²) in [6, 6.07) is 10.8. The van der Waals surface area contributed by atoms with Gasteiger partial charge >= 0.3 is 0 Å². The zero-order chi connectivity index (χ0) is 24.8. The number of hydrazine groups is 1. The van der Waals surface area contributed by atoms with Gasteiger partial charge in [-0.3, -0.25) is 25.8 Å². The lowest BCUT2D eigenvalue weighted by Crippen LogP contribution is -2.49. The maximum atomic E-state index is 12.6. The predicted molar refractivity (Wildman–Crippen MR) is 140 cm³/mol. The molecule has 0 bridgehead atoms. The van der Waals surface area contributed by atoms with Crippen LogP contribution in [0.4, 0.5) is 0 Å². The van der Waals surface area contributed by atoms with Crippen LogP contribution >= 0.6 is 44.1 Å². The van der Waals surface area contributed by atoms with Crippen molar-refractivity contribution in [2.75, 3.05) is 6.61 Å². The third-order valence-electron chi connectivity index (χ3n) is 4.25. The van der Waals surface area contributed by atoms with Gasteiger partial charge in [0.2, 0.25) is 0 Å². The van der Waals surface area contributed by atoms with Crippen LogP contribution in [0.5, 0.6) is 11.5 Å². The standard InChI is InChI=1S/C23H27Br2N3O4S/c1-13(2)32-18-9-7-15(24)11-16(18)21(30)26-22(33)28-27-20(29)12-31-19-8-6-14(10-17(19)25)23(3,4)5/h6-11,13H,12H2,1-5H3,(H,27,29)(H2,26,28,30,33). The van der Waals surface area contributed by atoms with Crippen LogP contribution in [0.3, 0.4) is 0 Å². The van der Waals surface area contributed by atoms with E-state index in [1.807, 2.05) is 32.0 Å². The van der Waals surface area contributed by atoms with Gasteiger partial charge in [0.05, 0.1) is 16.1 Å². The van der Waals surface area contributed by atoms with Crippen LogP contribution in [0.15, 0.2) is 45.3 Å². The van der Waals surface area contributed by atoms with E-state index in [9.17, 15) is 9.59 Å². The van der Waals surface area contributed by atoms with Crippen LogP contribution in [0.1, 0.15) is 50.5 Å². The first-order valence-corrected chi connectivity index (χ1v) is 12.2. The molecule has 2 rings (SSSR count). The molecule has 0 aromatic heterocycles. The minimum atomic E-state index is -0.474. The molecule has 0 heterocycles. The van der Waals surface area contributed by atoms with Gasteiger partial charge < -0.3 is 9.47 Å². The van der Waals surface area contributed by atoms with E-state index >= 15 is 0 Å². The van der Waals surface area contributed by atoms with E-state index in [1.165, 1.54) is 0 Å². The fourth-order valence-corrected chi connectivity index (χ4v) is 3.63. The minimum absolute atomic E-state index is 0.0000184. The fourth-order valence-electron chi connectivity index (χ4n) is 2.63. The minimum Gasteiger partial charge on any atom is -0.490 e. The van der Waals surface area contributed by atoms with Crippen LogP contribution in [-0.2, 0) is 10.2 Å². The summed E-state index contributed by atoms with van der Waals surface area (Å²) in [6.07, 6.45) is -0.105. The largest absolute Gasteiger partial charge is 0.490 e. The van der Waals surface area contributed by atoms with Gasteiger partial charge in [0, 0.05) is 4.47 Å². The van der Waals surface area contributed by atoms with E-state index in [2.05, 4.69) is 68.8 Å². The zero-order valence-corrected chi connectivity index (χ0v) is 23.0. The first kappa shape index (κ1) is 27.1. The summed E-state index contributed by atoms with van der Waals surface area (Å²) in [5, 5.41) is 2.44. The van der Waals surface area contributed by atoms with Gasteiger partial charge in [0.15, 0.2) is 11.7 Å². The quantitative estimate of drug-likeness (QED) is 0.319. The van der Waals surface area contributed by atoms with E-state index in [0.29, 0.717) is 17.1 Å². The molecule has 3 N–H and O–H groups in total. The number of hydrogen-bond donors (Lipinski definition) is 3. The van der Waals surface area contributed by atoms with Gasteiger partial charge in [0.1, 0.15) is 11.5 Å². The van der Waals surface area contributed by atoms with E-state index in [0.717, 1.165) is 14.5 Å². The molecule has 0 fully saturated rings. The fraction of sp³-hybridized carbons (Fsp3) is 0.348. The summed E-state index contributed by atoms with van der Waals surface area (Å²) in [7, 11) is 0. The number of hydrogen-bond acceptors (Lipinski definition) is 5. The number of carbonyl (C=O) groups excluding carboxylic acids is 2. The number of carbonyl (C=O) groups is 2. The Morgan fingerprint density at radius 3 is 2.30 bits per heavy atom. The third kappa shape index (κ3) is 8.60. The second kappa shape index (κ2) is 11.8. The van der Waals surface area contributed by atoms with Crippen molar-refractivity contribution in [2.45, 2.75) is 46.1 Å². The van der Waals surface area contributed by atoms with Crippen LogP contribution in [0.2, 0.25) is 0 Å². The molecule has 7 nitrogen and oxygen atoms in total. The molecular weight excluding hydrogens is 574 g/mol. The second-order valence-electron chi connectivity index (χ2n) is 8.45. The number of halogens is 2. The lowest BCUT2D eigenvalue weighted by Gasteiger charge is -2.20. The molecule has 0 saturated carbocycles. The topological polar surface area (TPSA) is 88.7 Å². The van der Waals surface area contributed by atoms with Crippen LogP contribution < -0.4 is 25.6 Å². The normalized spacial score (nSPS) is 11.0. The number of rotatable bonds is 6. The first-order chi connectivity index (χ1) is 15.4. The summed E-state index contributed by atoms with van der Waals surface area (Å²) >= 11 is 11.9. The van der Waals surface area contributed by atoms with Crippen molar-refractivity contribution in [1.82, 2.24) is 16.2 Å². The lowest BCUT2D eigenvalue weighted by molar-refractivity contribution is -0.123. The van der Waals surface area contributed by atoms with Gasteiger partial charge in [-0.25, -0.2) is 0 Å². The summed E-state index contributed by atoms with van der Waals surface area (Å²) in [5.41, 5.74) is 6.34. The maximum Gasteiger partial charge on any atom is 0.276 e. The molecule has 2 aromatic rings. The Hall–Kier alpha value is -2.17. The number of amides is 2. The van der Waals surface area contributed by atoms with Gasteiger partial charge in [-0.15, -0.1) is 0 Å². The Morgan fingerprint density at radius 1 is 1.03 bits per heavy atom. The van der Waals surface area contributed by atoms with Crippen LogP contribution in [0.25, 0.3) is 0 Å². The van der Waals surface area contributed by atoms with Crippen LogP contribution in [0, 0.1) is 0 Å². The Balaban J connectivity index is 1.87. The number of thiocarbonyl (C=S) groups is 1. The molecule has 0 radical (unpaired) electrons. The Bertz CT molecular complexity index is 1040. The van der Waals surface area contributed by atoms with Crippen molar-refractivity contribution in [2.24, 2.45) is 0 Å². The van der Waals surface area contributed by atoms with Crippen molar-refractivity contribution in [3.63, 3.8) is 0 Å². The zero-order valence-electron chi connectivity index (χ0n) is 19.0. The van der Waals surface area contributed by atoms with Gasteiger partial charge in [-0.1, -0.05) is 42.8 Å². The maximum absolute atomic E-state index is 12.6. The summed E-state index contributed by atoms with van der Waals surface area (Å²) < 4.78 is 12.7. The summed E-state index contributed by atoms with van der Waals surface area (Å²) in [4.78, 5) is 24.7. The third-order valence-corrected chi connectivity index (χ3v) is 5.57. The average molecular weight is 601 g/mol.